The van der Waals surface area contributed by atoms with Gasteiger partial charge >= 0.3 is 5.69 Å². The minimum Gasteiger partial charge on any atom is -0.460 e. The van der Waals surface area contributed by atoms with E-state index < -0.39 is 5.92 Å². The van der Waals surface area contributed by atoms with Crippen LogP contribution in [-0.2, 0) is 18.9 Å². The van der Waals surface area contributed by atoms with Crippen molar-refractivity contribution in [3.8, 4) is 0 Å². The second-order valence-corrected chi connectivity index (χ2v) is 6.50. The number of furan rings is 1. The fourth-order valence-corrected chi connectivity index (χ4v) is 3.18. The SMILES string of the molecule is C[C@H](C(=O)Nc1ccc2c(c1)n(C)c(=O)n2C)c1cc2ccccc2o1. The molecule has 4 rings (SSSR count). The molecule has 1 N–H and O–H groups in total. The van der Waals surface area contributed by atoms with E-state index in [0.29, 0.717) is 11.4 Å². The first-order valence-corrected chi connectivity index (χ1v) is 8.40. The number of nitrogens with one attached hydrogen (secondary N) is 1. The number of imidazole rings is 1. The lowest BCUT2D eigenvalue weighted by Crippen LogP contribution is -2.19. The standard InChI is InChI=1S/C20H19N3O3/c1-12(18-10-13-6-4-5-7-17(13)26-18)19(24)21-14-8-9-15-16(11-14)23(3)20(25)22(15)2/h4-12H,1-3H3,(H,21,24)/t12-/m0/s1. The van der Waals surface area contributed by atoms with Crippen LogP contribution in [0.1, 0.15) is 18.6 Å². The minimum absolute atomic E-state index is 0.0980. The molecular weight excluding hydrogens is 330 g/mol. The molecule has 2 aromatic carbocycles. The summed E-state index contributed by atoms with van der Waals surface area (Å²) >= 11 is 0. The Balaban J connectivity index is 1.62. The van der Waals surface area contributed by atoms with E-state index in [1.165, 1.54) is 0 Å². The average molecular weight is 349 g/mol. The molecule has 2 heterocycles. The van der Waals surface area contributed by atoms with Gasteiger partial charge in [0.2, 0.25) is 5.91 Å². The molecule has 132 valence electrons. The molecule has 1 atom stereocenters. The Hall–Kier alpha value is -3.28. The lowest BCUT2D eigenvalue weighted by atomic mass is 10.1. The number of carbonyl (C=O) groups excluding carboxylic acids is 1. The zero-order valence-corrected chi connectivity index (χ0v) is 14.8. The predicted octanol–water partition coefficient (Wildman–Crippen LogP) is 3.37. The molecule has 6 nitrogen and oxygen atoms in total. The summed E-state index contributed by atoms with van der Waals surface area (Å²) in [7, 11) is 3.44. The first-order chi connectivity index (χ1) is 12.5. The van der Waals surface area contributed by atoms with Crippen LogP contribution < -0.4 is 11.0 Å². The number of para-hydroxylation sites is 1. The molecule has 0 aliphatic heterocycles. The van der Waals surface area contributed by atoms with Crippen LogP contribution in [0, 0.1) is 0 Å². The number of rotatable bonds is 3. The van der Waals surface area contributed by atoms with E-state index in [-0.39, 0.29) is 11.6 Å². The molecule has 0 bridgehead atoms. The second kappa shape index (κ2) is 5.91. The fourth-order valence-electron chi connectivity index (χ4n) is 3.18. The van der Waals surface area contributed by atoms with E-state index in [4.69, 9.17) is 4.42 Å². The van der Waals surface area contributed by atoms with Gasteiger partial charge in [-0.2, -0.15) is 0 Å². The molecule has 0 fully saturated rings. The van der Waals surface area contributed by atoms with E-state index in [1.807, 2.05) is 43.3 Å². The van der Waals surface area contributed by atoms with Crippen LogP contribution in [0.15, 0.2) is 57.7 Å². The summed E-state index contributed by atoms with van der Waals surface area (Å²) in [5.41, 5.74) is 2.90. The van der Waals surface area contributed by atoms with Crippen LogP contribution in [0.5, 0.6) is 0 Å². The van der Waals surface area contributed by atoms with Crippen LogP contribution in [0.2, 0.25) is 0 Å². The average Bonchev–Trinajstić information content (AvgIpc) is 3.17. The van der Waals surface area contributed by atoms with Crippen molar-refractivity contribution in [1.82, 2.24) is 9.13 Å². The highest BCUT2D eigenvalue weighted by molar-refractivity contribution is 5.97. The summed E-state index contributed by atoms with van der Waals surface area (Å²) in [5.74, 6) is 0.0268. The Morgan fingerprint density at radius 3 is 2.54 bits per heavy atom. The summed E-state index contributed by atoms with van der Waals surface area (Å²) in [6.07, 6.45) is 0. The molecule has 4 aromatic rings. The summed E-state index contributed by atoms with van der Waals surface area (Å²) in [6.45, 7) is 1.81. The molecule has 0 saturated carbocycles. The van der Waals surface area contributed by atoms with Gasteiger partial charge in [-0.3, -0.25) is 13.9 Å². The molecule has 0 unspecified atom stereocenters. The Morgan fingerprint density at radius 2 is 1.77 bits per heavy atom. The van der Waals surface area contributed by atoms with E-state index in [1.54, 1.807) is 35.4 Å². The second-order valence-electron chi connectivity index (χ2n) is 6.50. The van der Waals surface area contributed by atoms with Crippen molar-refractivity contribution >= 4 is 33.6 Å². The highest BCUT2D eigenvalue weighted by Gasteiger charge is 2.20. The van der Waals surface area contributed by atoms with Gasteiger partial charge in [-0.15, -0.1) is 0 Å². The number of fused-ring (bicyclic) bond motifs is 2. The summed E-state index contributed by atoms with van der Waals surface area (Å²) < 4.78 is 8.93. The van der Waals surface area contributed by atoms with Crippen LogP contribution in [-0.4, -0.2) is 15.0 Å². The van der Waals surface area contributed by atoms with Crippen molar-refractivity contribution in [3.05, 3.63) is 64.8 Å². The fraction of sp³-hybridized carbons (Fsp3) is 0.200. The number of aromatic nitrogens is 2. The topological polar surface area (TPSA) is 69.2 Å². The van der Waals surface area contributed by atoms with Gasteiger partial charge in [0, 0.05) is 25.2 Å². The number of carbonyl (C=O) groups is 1. The largest absolute Gasteiger partial charge is 0.460 e. The zero-order valence-electron chi connectivity index (χ0n) is 14.8. The molecule has 26 heavy (non-hydrogen) atoms. The third-order valence-corrected chi connectivity index (χ3v) is 4.80. The third-order valence-electron chi connectivity index (χ3n) is 4.80. The summed E-state index contributed by atoms with van der Waals surface area (Å²) in [6, 6.07) is 15.0. The Morgan fingerprint density at radius 1 is 1.04 bits per heavy atom. The van der Waals surface area contributed by atoms with Gasteiger partial charge in [0.15, 0.2) is 0 Å². The quantitative estimate of drug-likeness (QED) is 0.616. The molecule has 0 aliphatic carbocycles. The smallest absolute Gasteiger partial charge is 0.328 e. The maximum atomic E-state index is 12.6. The first-order valence-electron chi connectivity index (χ1n) is 8.40. The Labute approximate surface area is 149 Å². The number of benzene rings is 2. The van der Waals surface area contributed by atoms with Gasteiger partial charge in [-0.1, -0.05) is 18.2 Å². The normalized spacial score (nSPS) is 12.6. The molecular formula is C20H19N3O3. The van der Waals surface area contributed by atoms with Crippen molar-refractivity contribution in [3.63, 3.8) is 0 Å². The van der Waals surface area contributed by atoms with Crippen molar-refractivity contribution in [2.24, 2.45) is 14.1 Å². The van der Waals surface area contributed by atoms with Gasteiger partial charge in [0.05, 0.1) is 17.0 Å². The number of anilines is 1. The van der Waals surface area contributed by atoms with Crippen molar-refractivity contribution in [2.75, 3.05) is 5.32 Å². The predicted molar refractivity (Wildman–Crippen MR) is 101 cm³/mol. The molecule has 0 radical (unpaired) electrons. The number of amides is 1. The molecule has 0 saturated heterocycles. The van der Waals surface area contributed by atoms with Crippen molar-refractivity contribution in [2.45, 2.75) is 12.8 Å². The molecule has 2 aromatic heterocycles. The lowest BCUT2D eigenvalue weighted by molar-refractivity contribution is -0.117. The molecule has 6 heteroatoms. The van der Waals surface area contributed by atoms with Crippen molar-refractivity contribution < 1.29 is 9.21 Å². The van der Waals surface area contributed by atoms with E-state index in [9.17, 15) is 9.59 Å². The van der Waals surface area contributed by atoms with Crippen LogP contribution in [0.4, 0.5) is 5.69 Å². The number of hydrogen-bond acceptors (Lipinski definition) is 3. The molecule has 1 amide bonds. The minimum atomic E-state index is -0.433. The third kappa shape index (κ3) is 2.50. The van der Waals surface area contributed by atoms with E-state index in [2.05, 4.69) is 5.32 Å². The van der Waals surface area contributed by atoms with Gasteiger partial charge in [0.25, 0.3) is 0 Å². The summed E-state index contributed by atoms with van der Waals surface area (Å²) in [4.78, 5) is 24.7. The number of nitrogens with zero attached hydrogens (tertiary/aromatic N) is 2. The molecule has 0 spiro atoms. The number of aryl methyl sites for hydroxylation is 2. The van der Waals surface area contributed by atoms with Gasteiger partial charge < -0.3 is 9.73 Å². The highest BCUT2D eigenvalue weighted by Crippen LogP contribution is 2.26. The first kappa shape index (κ1) is 16.2. The Kier molecular flexibility index (Phi) is 3.68. The maximum Gasteiger partial charge on any atom is 0.328 e. The lowest BCUT2D eigenvalue weighted by Gasteiger charge is -2.10. The highest BCUT2D eigenvalue weighted by atomic mass is 16.3. The van der Waals surface area contributed by atoms with Gasteiger partial charge in [-0.05, 0) is 37.3 Å². The monoisotopic (exact) mass is 349 g/mol. The zero-order chi connectivity index (χ0) is 18.4. The van der Waals surface area contributed by atoms with Crippen molar-refractivity contribution in [1.29, 1.82) is 0 Å². The molecule has 0 aliphatic rings. The van der Waals surface area contributed by atoms with Gasteiger partial charge in [0.1, 0.15) is 11.3 Å². The number of hydrogen-bond donors (Lipinski definition) is 1. The van der Waals surface area contributed by atoms with Crippen LogP contribution in [0.25, 0.3) is 22.0 Å². The summed E-state index contributed by atoms with van der Waals surface area (Å²) in [5, 5.41) is 3.88. The van der Waals surface area contributed by atoms with E-state index >= 15 is 0 Å². The van der Waals surface area contributed by atoms with Crippen LogP contribution >= 0.6 is 0 Å². The van der Waals surface area contributed by atoms with Gasteiger partial charge in [-0.25, -0.2) is 4.79 Å². The maximum absolute atomic E-state index is 12.6. The van der Waals surface area contributed by atoms with Crippen LogP contribution in [0.3, 0.4) is 0 Å². The van der Waals surface area contributed by atoms with E-state index in [0.717, 1.165) is 22.0 Å². The Bertz CT molecular complexity index is 1160.